The number of aryl methyl sites for hydroxylation is 1. The molecule has 1 unspecified atom stereocenters. The third-order valence-electron chi connectivity index (χ3n) is 7.59. The predicted octanol–water partition coefficient (Wildman–Crippen LogP) is 9.88. The number of nitrogens with zero attached hydrogens (tertiary/aromatic N) is 2. The third-order valence-corrected chi connectivity index (χ3v) is 7.59. The van der Waals surface area contributed by atoms with E-state index in [0.717, 1.165) is 34.0 Å². The van der Waals surface area contributed by atoms with Crippen LogP contribution in [0.15, 0.2) is 77.3 Å². The number of hydrogen-bond acceptors (Lipinski definition) is 1. The number of benzene rings is 3. The molecule has 212 valence electrons. The maximum Gasteiger partial charge on any atom is 0.417 e. The van der Waals surface area contributed by atoms with Gasteiger partial charge in [-0.25, -0.2) is 4.99 Å². The molecular formula is C30H19F9N2. The van der Waals surface area contributed by atoms with Crippen LogP contribution in [0.25, 0.3) is 27.4 Å². The van der Waals surface area contributed by atoms with E-state index in [2.05, 4.69) is 4.99 Å². The lowest BCUT2D eigenvalue weighted by atomic mass is 9.86. The van der Waals surface area contributed by atoms with Crippen LogP contribution >= 0.6 is 0 Å². The molecule has 1 heterocycles. The number of aromatic nitrogens is 1. The molecule has 0 saturated carbocycles. The zero-order valence-corrected chi connectivity index (χ0v) is 21.1. The molecule has 41 heavy (non-hydrogen) atoms. The van der Waals surface area contributed by atoms with Crippen LogP contribution in [0.2, 0.25) is 0 Å². The molecule has 0 fully saturated rings. The van der Waals surface area contributed by atoms with Gasteiger partial charge >= 0.3 is 18.5 Å². The number of hydrogen-bond donors (Lipinski definition) is 0. The highest BCUT2D eigenvalue weighted by molar-refractivity contribution is 6.27. The Balaban J connectivity index is 1.65. The summed E-state index contributed by atoms with van der Waals surface area (Å²) in [7, 11) is 0. The minimum atomic E-state index is -5.11. The number of halogens is 9. The molecule has 2 aliphatic carbocycles. The van der Waals surface area contributed by atoms with Crippen LogP contribution in [0.4, 0.5) is 45.2 Å². The number of fused-ring (bicyclic) bond motifs is 5. The van der Waals surface area contributed by atoms with Gasteiger partial charge in [-0.2, -0.15) is 39.5 Å². The smallest absolute Gasteiger partial charge is 0.341 e. The summed E-state index contributed by atoms with van der Waals surface area (Å²) < 4.78 is 128. The molecule has 0 spiro atoms. The second kappa shape index (κ2) is 8.99. The van der Waals surface area contributed by atoms with Crippen molar-refractivity contribution >= 4 is 38.8 Å². The molecule has 1 atom stereocenters. The summed E-state index contributed by atoms with van der Waals surface area (Å²) in [6.07, 6.45) is -14.2. The van der Waals surface area contributed by atoms with Gasteiger partial charge in [0.25, 0.3) is 0 Å². The number of allylic oxidation sites excluding steroid dienone is 4. The Morgan fingerprint density at radius 2 is 1.41 bits per heavy atom. The summed E-state index contributed by atoms with van der Waals surface area (Å²) in [4.78, 5) is 4.41. The van der Waals surface area contributed by atoms with Gasteiger partial charge in [0.15, 0.2) is 0 Å². The fraction of sp³-hybridized carbons (Fsp3) is 0.233. The van der Waals surface area contributed by atoms with Gasteiger partial charge in [0.1, 0.15) is 0 Å². The lowest BCUT2D eigenvalue weighted by molar-refractivity contribution is -0.159. The van der Waals surface area contributed by atoms with Crippen LogP contribution in [-0.4, -0.2) is 16.5 Å². The summed E-state index contributed by atoms with van der Waals surface area (Å²) in [5.74, 6) is -2.15. The molecule has 0 saturated heterocycles. The van der Waals surface area contributed by atoms with Gasteiger partial charge in [0.05, 0.1) is 28.4 Å². The normalized spacial score (nSPS) is 18.6. The van der Waals surface area contributed by atoms with Gasteiger partial charge in [-0.3, -0.25) is 0 Å². The molecule has 2 nitrogen and oxygen atoms in total. The van der Waals surface area contributed by atoms with E-state index in [0.29, 0.717) is 12.6 Å². The zero-order valence-electron chi connectivity index (χ0n) is 21.1. The molecule has 6 rings (SSSR count). The van der Waals surface area contributed by atoms with Gasteiger partial charge in [0.2, 0.25) is 0 Å². The van der Waals surface area contributed by atoms with E-state index in [1.807, 2.05) is 35.8 Å². The molecule has 2 aliphatic rings. The van der Waals surface area contributed by atoms with E-state index >= 15 is 0 Å². The highest BCUT2D eigenvalue weighted by atomic mass is 19.4. The lowest BCUT2D eigenvalue weighted by Crippen LogP contribution is -2.23. The van der Waals surface area contributed by atoms with Crippen LogP contribution in [-0.2, 0) is 18.9 Å². The number of alkyl halides is 9. The van der Waals surface area contributed by atoms with Crippen LogP contribution < -0.4 is 0 Å². The fourth-order valence-electron chi connectivity index (χ4n) is 5.86. The van der Waals surface area contributed by atoms with Gasteiger partial charge in [-0.1, -0.05) is 30.4 Å². The first-order valence-electron chi connectivity index (χ1n) is 12.6. The topological polar surface area (TPSA) is 17.3 Å². The molecule has 0 amide bonds. The summed E-state index contributed by atoms with van der Waals surface area (Å²) in [6, 6.07) is 12.9. The average molecular weight is 578 g/mol. The summed E-state index contributed by atoms with van der Waals surface area (Å²) in [5.41, 5.74) is -3.77. The Labute approximate surface area is 227 Å². The first-order chi connectivity index (χ1) is 19.2. The highest BCUT2D eigenvalue weighted by Gasteiger charge is 2.48. The first kappa shape index (κ1) is 27.2. The zero-order chi connectivity index (χ0) is 29.5. The largest absolute Gasteiger partial charge is 0.417 e. The first-order valence-corrected chi connectivity index (χ1v) is 12.6. The van der Waals surface area contributed by atoms with Crippen LogP contribution in [0, 0.1) is 5.92 Å². The van der Waals surface area contributed by atoms with Crippen molar-refractivity contribution in [3.8, 4) is 0 Å². The van der Waals surface area contributed by atoms with Crippen molar-refractivity contribution in [3.63, 3.8) is 0 Å². The van der Waals surface area contributed by atoms with Crippen LogP contribution in [0.1, 0.15) is 35.6 Å². The minimum Gasteiger partial charge on any atom is -0.341 e. The molecule has 0 N–H and O–H groups in total. The van der Waals surface area contributed by atoms with Crippen molar-refractivity contribution in [2.24, 2.45) is 10.9 Å². The van der Waals surface area contributed by atoms with E-state index in [1.165, 1.54) is 6.07 Å². The molecule has 3 aromatic carbocycles. The maximum absolute atomic E-state index is 14.2. The summed E-state index contributed by atoms with van der Waals surface area (Å²) in [6.45, 7) is 2.58. The van der Waals surface area contributed by atoms with Crippen molar-refractivity contribution in [2.45, 2.75) is 38.4 Å². The maximum atomic E-state index is 14.2. The quantitative estimate of drug-likeness (QED) is 0.211. The molecule has 0 aliphatic heterocycles. The Kier molecular flexibility index (Phi) is 5.96. The van der Waals surface area contributed by atoms with E-state index in [9.17, 15) is 39.5 Å². The van der Waals surface area contributed by atoms with Gasteiger partial charge < -0.3 is 4.57 Å². The number of para-hydroxylation sites is 1. The number of rotatable bonds is 2. The number of aliphatic imine (C=N–C) groups is 1. The van der Waals surface area contributed by atoms with Crippen LogP contribution in [0.5, 0.6) is 0 Å². The minimum absolute atomic E-state index is 0.156. The van der Waals surface area contributed by atoms with E-state index in [1.54, 1.807) is 12.1 Å². The van der Waals surface area contributed by atoms with Gasteiger partial charge in [-0.05, 0) is 55.3 Å². The molecule has 0 bridgehead atoms. The summed E-state index contributed by atoms with van der Waals surface area (Å²) >= 11 is 0. The molecule has 4 aromatic rings. The predicted molar refractivity (Wildman–Crippen MR) is 138 cm³/mol. The van der Waals surface area contributed by atoms with E-state index < -0.39 is 64.4 Å². The molecular weight excluding hydrogens is 559 g/mol. The van der Waals surface area contributed by atoms with Crippen molar-refractivity contribution in [3.05, 3.63) is 94.6 Å². The SMILES string of the molecule is CCn1c2ccccc2c2cc(N=C3C4=C(CC(C(F)(F)F)C=C4)c4c(C(F)(F)F)ccc(C(F)(F)F)c43)ccc21. The van der Waals surface area contributed by atoms with Gasteiger partial charge in [0, 0.05) is 45.1 Å². The highest BCUT2D eigenvalue weighted by Crippen LogP contribution is 2.52. The Hall–Kier alpha value is -4.02. The Bertz CT molecular complexity index is 1810. The second-order valence-electron chi connectivity index (χ2n) is 9.93. The molecule has 1 aromatic heterocycles. The van der Waals surface area contributed by atoms with E-state index in [4.69, 9.17) is 0 Å². The van der Waals surface area contributed by atoms with Crippen molar-refractivity contribution in [1.29, 1.82) is 0 Å². The molecule has 0 radical (unpaired) electrons. The Morgan fingerprint density at radius 3 is 2.05 bits per heavy atom. The monoisotopic (exact) mass is 578 g/mol. The van der Waals surface area contributed by atoms with Crippen molar-refractivity contribution in [2.75, 3.05) is 0 Å². The van der Waals surface area contributed by atoms with Crippen molar-refractivity contribution in [1.82, 2.24) is 4.57 Å². The standard InChI is InChI=1S/C30H19F9N2/c1-2-41-23-6-4-3-5-17(23)19-14-16(8-12-24(19)41)40-27-18-9-7-15(28(31,32)33)13-20(18)25-21(29(34,35)36)10-11-22(26(25)27)30(37,38)39/h3-12,14-15H,2,13H2,1H3. The van der Waals surface area contributed by atoms with Gasteiger partial charge in [-0.15, -0.1) is 0 Å². The summed E-state index contributed by atoms with van der Waals surface area (Å²) in [5, 5.41) is 1.58. The van der Waals surface area contributed by atoms with Crippen LogP contribution in [0.3, 0.4) is 0 Å². The average Bonchev–Trinajstić information content (AvgIpc) is 3.39. The van der Waals surface area contributed by atoms with E-state index in [-0.39, 0.29) is 17.3 Å². The fourth-order valence-corrected chi connectivity index (χ4v) is 5.86. The molecule has 11 heteroatoms. The third kappa shape index (κ3) is 4.33. The van der Waals surface area contributed by atoms with Crippen molar-refractivity contribution < 1.29 is 39.5 Å². The lowest BCUT2D eigenvalue weighted by Gasteiger charge is -2.23. The second-order valence-corrected chi connectivity index (χ2v) is 9.93. The Morgan fingerprint density at radius 1 is 0.780 bits per heavy atom.